The van der Waals surface area contributed by atoms with Crippen LogP contribution in [-0.2, 0) is 46.6 Å². The van der Waals surface area contributed by atoms with Crippen molar-refractivity contribution in [2.45, 2.75) is 70.7 Å². The van der Waals surface area contributed by atoms with E-state index in [-0.39, 0.29) is 21.5 Å². The number of benzene rings is 4. The molecule has 0 saturated carbocycles. The van der Waals surface area contributed by atoms with E-state index in [1.165, 1.54) is 0 Å². The summed E-state index contributed by atoms with van der Waals surface area (Å²) in [6, 6.07) is 34.2. The minimum absolute atomic E-state index is 0.0172. The molecule has 20 heteroatoms. The highest BCUT2D eigenvalue weighted by Crippen LogP contribution is 2.42. The topological polar surface area (TPSA) is 213 Å². The first-order chi connectivity index (χ1) is 37.3. The molecule has 4 N–H and O–H groups in total. The lowest BCUT2D eigenvalue weighted by Gasteiger charge is -2.27. The summed E-state index contributed by atoms with van der Waals surface area (Å²) >= 11 is 11.8. The van der Waals surface area contributed by atoms with Gasteiger partial charge in [-0.3, -0.25) is 24.9 Å². The van der Waals surface area contributed by atoms with Gasteiger partial charge in [0.25, 0.3) is 9.67 Å². The highest BCUT2D eigenvalue weighted by Gasteiger charge is 2.36. The van der Waals surface area contributed by atoms with Crippen LogP contribution in [0.3, 0.4) is 0 Å². The molecule has 0 unspecified atom stereocenters. The lowest BCUT2D eigenvalue weighted by Crippen LogP contribution is -2.50. The fourth-order valence-corrected chi connectivity index (χ4v) is 10.3. The molecule has 17 nitrogen and oxygen atoms in total. The van der Waals surface area contributed by atoms with Gasteiger partial charge in [-0.25, -0.2) is 20.0 Å². The number of anilines is 2. The fraction of sp³-hybridized carbons (Fsp3) is 0.228. The number of nitrogens with zero attached hydrogens (tertiary/aromatic N) is 7. The standard InChI is InChI=1S/C29H29N5O4S.C28H24N6O2S2/c1-29(2,3)38-27(36)31-23(15-18-7-5-4-6-8-18)26(35)34-14-11-21-22(25-32-33-28(39)37-25)16-20(17-24(21)34)19-9-12-30-13-10-19;35-27(24(12-18-4-2-1-3-5-18)30-15-21-16-38-17-31-21)34-11-8-22-23(26-32-33-28(37)36-26)13-20(14-25(22)34)19-6-9-29-10-7-19/h4-10,12-13,16-17,23H,11,14-15H2,1-3H3,(H,31,36)(H,33,39);1-7,9-10,13-14,16-17,24,30H,8,11-12,15H2,(H,33,37)/t23-;24-/m00/s1. The maximum Gasteiger partial charge on any atom is 0.408 e. The highest BCUT2D eigenvalue weighted by atomic mass is 32.1. The molecule has 4 aromatic carbocycles. The number of thiazole rings is 1. The molecular formula is C57H53N11O6S3. The molecule has 0 spiro atoms. The predicted molar refractivity (Wildman–Crippen MR) is 299 cm³/mol. The molecule has 2 aliphatic heterocycles. The lowest BCUT2D eigenvalue weighted by atomic mass is 9.97. The van der Waals surface area contributed by atoms with E-state index in [1.54, 1.807) is 67.3 Å². The van der Waals surface area contributed by atoms with Crippen molar-refractivity contribution in [3.8, 4) is 45.2 Å². The van der Waals surface area contributed by atoms with Crippen LogP contribution in [0.25, 0.3) is 45.2 Å². The summed E-state index contributed by atoms with van der Waals surface area (Å²) in [6.07, 6.45) is 8.46. The Kier molecular flexibility index (Phi) is 15.8. The number of hydrogen-bond acceptors (Lipinski definition) is 15. The summed E-state index contributed by atoms with van der Waals surface area (Å²) in [5.41, 5.74) is 12.9. The van der Waals surface area contributed by atoms with Gasteiger partial charge in [0.05, 0.1) is 17.2 Å². The lowest BCUT2D eigenvalue weighted by molar-refractivity contribution is -0.121. The zero-order valence-electron chi connectivity index (χ0n) is 42.3. The second-order valence-corrected chi connectivity index (χ2v) is 20.8. The predicted octanol–water partition coefficient (Wildman–Crippen LogP) is 10.7. The molecule has 0 saturated heterocycles. The number of fused-ring (bicyclic) bond motifs is 2. The Morgan fingerprint density at radius 2 is 1.16 bits per heavy atom. The average molecular weight is 1080 g/mol. The third-order valence-electron chi connectivity index (χ3n) is 13.0. The van der Waals surface area contributed by atoms with Gasteiger partial charge in [-0.05, 0) is 158 Å². The Morgan fingerprint density at radius 1 is 0.675 bits per heavy atom. The molecule has 77 heavy (non-hydrogen) atoms. The van der Waals surface area contributed by atoms with Gasteiger partial charge in [-0.15, -0.1) is 21.5 Å². The molecule has 2 atom stereocenters. The number of carbonyl (C=O) groups excluding carboxylic acids is 3. The van der Waals surface area contributed by atoms with Crippen molar-refractivity contribution in [3.63, 3.8) is 0 Å². The number of alkyl carbamates (subject to hydrolysis) is 1. The maximum absolute atomic E-state index is 14.1. The van der Waals surface area contributed by atoms with E-state index in [1.807, 2.05) is 113 Å². The zero-order valence-corrected chi connectivity index (χ0v) is 44.7. The summed E-state index contributed by atoms with van der Waals surface area (Å²) in [5.74, 6) is 0.556. The van der Waals surface area contributed by atoms with Crippen molar-refractivity contribution in [1.29, 1.82) is 0 Å². The van der Waals surface area contributed by atoms with Crippen molar-refractivity contribution >= 4 is 65.1 Å². The number of pyridine rings is 2. The van der Waals surface area contributed by atoms with Crippen LogP contribution in [0.4, 0.5) is 16.2 Å². The van der Waals surface area contributed by atoms with Gasteiger partial charge >= 0.3 is 6.09 Å². The van der Waals surface area contributed by atoms with Gasteiger partial charge < -0.3 is 28.7 Å². The first-order valence-electron chi connectivity index (χ1n) is 24.9. The molecule has 3 amide bonds. The van der Waals surface area contributed by atoms with Crippen molar-refractivity contribution in [3.05, 3.63) is 182 Å². The van der Waals surface area contributed by atoms with Crippen molar-refractivity contribution in [2.75, 3.05) is 22.9 Å². The van der Waals surface area contributed by atoms with E-state index in [4.69, 9.17) is 38.0 Å². The second kappa shape index (κ2) is 23.3. The maximum atomic E-state index is 14.1. The van der Waals surface area contributed by atoms with E-state index in [0.717, 1.165) is 72.7 Å². The third kappa shape index (κ3) is 12.5. The molecule has 2 aliphatic rings. The number of aromatic nitrogens is 7. The summed E-state index contributed by atoms with van der Waals surface area (Å²) < 4.78 is 16.9. The molecule has 0 bridgehead atoms. The van der Waals surface area contributed by atoms with Crippen molar-refractivity contribution in [2.24, 2.45) is 0 Å². The third-order valence-corrected chi connectivity index (χ3v) is 14.0. The first-order valence-corrected chi connectivity index (χ1v) is 26.7. The number of H-pyrrole nitrogens is 2. The van der Waals surface area contributed by atoms with Crippen molar-refractivity contribution < 1.29 is 28.0 Å². The number of aromatic amines is 2. The largest absolute Gasteiger partial charge is 0.444 e. The summed E-state index contributed by atoms with van der Waals surface area (Å²) in [7, 11) is 0. The molecule has 9 aromatic rings. The van der Waals surface area contributed by atoms with Crippen LogP contribution in [0, 0.1) is 9.67 Å². The minimum atomic E-state index is -0.837. The number of ether oxygens (including phenoxy) is 1. The molecule has 7 heterocycles. The Bertz CT molecular complexity index is 3620. The Hall–Kier alpha value is -8.30. The van der Waals surface area contributed by atoms with E-state index in [0.29, 0.717) is 57.1 Å². The van der Waals surface area contributed by atoms with Crippen LogP contribution >= 0.6 is 35.8 Å². The summed E-state index contributed by atoms with van der Waals surface area (Å²) in [6.45, 7) is 6.88. The smallest absolute Gasteiger partial charge is 0.408 e. The fourth-order valence-electron chi connectivity index (χ4n) is 9.49. The van der Waals surface area contributed by atoms with Crippen LogP contribution in [0.5, 0.6) is 0 Å². The van der Waals surface area contributed by atoms with Crippen LogP contribution in [0.15, 0.2) is 154 Å². The minimum Gasteiger partial charge on any atom is -0.444 e. The highest BCUT2D eigenvalue weighted by molar-refractivity contribution is 7.71. The summed E-state index contributed by atoms with van der Waals surface area (Å²) in [5, 5.41) is 22.2. The first kappa shape index (κ1) is 52.2. The second-order valence-electron chi connectivity index (χ2n) is 19.3. The van der Waals surface area contributed by atoms with Crippen LogP contribution in [0.2, 0.25) is 0 Å². The molecular weight excluding hydrogens is 1030 g/mol. The Balaban J connectivity index is 0.000000175. The van der Waals surface area contributed by atoms with Crippen LogP contribution < -0.4 is 20.4 Å². The molecule has 0 aliphatic carbocycles. The van der Waals surface area contributed by atoms with E-state index in [9.17, 15) is 14.4 Å². The van der Waals surface area contributed by atoms with E-state index < -0.39 is 23.8 Å². The molecule has 390 valence electrons. The number of amides is 3. The SMILES string of the molecule is CC(C)(C)OC(=O)N[C@@H](Cc1ccccc1)C(=O)N1CCc2c(-c3n[nH]c(=S)o3)cc(-c3ccncc3)cc21.O=C([C@H](Cc1ccccc1)NCc1cscn1)N1CCc2c(-c3n[nH]c(=S)o3)cc(-c3ccncc3)cc21. The average Bonchev–Trinajstić information content (AvgIpc) is 4.43. The van der Waals surface area contributed by atoms with Crippen LogP contribution in [0.1, 0.15) is 48.7 Å². The van der Waals surface area contributed by atoms with Gasteiger partial charge in [-0.2, -0.15) is 0 Å². The number of rotatable bonds is 14. The molecule has 0 radical (unpaired) electrons. The number of carbonyl (C=O) groups is 3. The van der Waals surface area contributed by atoms with Gasteiger partial charge in [0.1, 0.15) is 11.6 Å². The zero-order chi connectivity index (χ0) is 53.5. The van der Waals surface area contributed by atoms with Gasteiger partial charge in [-0.1, -0.05) is 60.7 Å². The normalized spacial score (nSPS) is 13.5. The van der Waals surface area contributed by atoms with Gasteiger partial charge in [0.2, 0.25) is 23.6 Å². The number of hydrogen-bond donors (Lipinski definition) is 4. The van der Waals surface area contributed by atoms with Gasteiger partial charge in [0, 0.05) is 78.7 Å². The van der Waals surface area contributed by atoms with E-state index >= 15 is 0 Å². The Labute approximate surface area is 457 Å². The van der Waals surface area contributed by atoms with Crippen LogP contribution in [-0.4, -0.2) is 84.0 Å². The Morgan fingerprint density at radius 3 is 1.60 bits per heavy atom. The monoisotopic (exact) mass is 1080 g/mol. The van der Waals surface area contributed by atoms with Gasteiger partial charge in [0.15, 0.2) is 0 Å². The van der Waals surface area contributed by atoms with E-state index in [2.05, 4.69) is 52.0 Å². The number of nitrogens with one attached hydrogen (secondary N) is 4. The molecule has 0 fully saturated rings. The quantitative estimate of drug-likeness (QED) is 0.0746. The molecule has 11 rings (SSSR count). The summed E-state index contributed by atoms with van der Waals surface area (Å²) in [4.78, 5) is 57.6. The molecule has 5 aromatic heterocycles. The van der Waals surface area contributed by atoms with Crippen molar-refractivity contribution in [1.82, 2.24) is 46.0 Å².